The fourth-order valence-corrected chi connectivity index (χ4v) is 3.91. The Kier molecular flexibility index (Phi) is 7.65. The molecule has 2 aromatic carbocycles. The highest BCUT2D eigenvalue weighted by Crippen LogP contribution is 2.35. The maximum atomic E-state index is 10.5. The molecule has 1 heterocycles. The van der Waals surface area contributed by atoms with Crippen LogP contribution < -0.4 is 9.47 Å². The van der Waals surface area contributed by atoms with Crippen LogP contribution in [0, 0.1) is 6.92 Å². The van der Waals surface area contributed by atoms with Gasteiger partial charge >= 0.3 is 0 Å². The minimum absolute atomic E-state index is 0.342. The lowest BCUT2D eigenvalue weighted by atomic mass is 10.2. The molecule has 1 saturated carbocycles. The van der Waals surface area contributed by atoms with Crippen molar-refractivity contribution in [1.29, 1.82) is 0 Å². The Bertz CT molecular complexity index is 1030. The zero-order chi connectivity index (χ0) is 23.2. The van der Waals surface area contributed by atoms with E-state index >= 15 is 0 Å². The van der Waals surface area contributed by atoms with Crippen molar-refractivity contribution in [1.82, 2.24) is 14.7 Å². The summed E-state index contributed by atoms with van der Waals surface area (Å²) in [5.41, 5.74) is 2.85. The molecule has 1 aliphatic rings. The van der Waals surface area contributed by atoms with E-state index in [2.05, 4.69) is 4.90 Å². The summed E-state index contributed by atoms with van der Waals surface area (Å²) in [4.78, 5) is 2.32. The first kappa shape index (κ1) is 23.3. The number of hydrogen-bond donors (Lipinski definition) is 1. The third-order valence-corrected chi connectivity index (χ3v) is 5.78. The van der Waals surface area contributed by atoms with Crippen molar-refractivity contribution < 1.29 is 19.3 Å². The third-order valence-electron chi connectivity index (χ3n) is 5.78. The van der Waals surface area contributed by atoms with Gasteiger partial charge in [-0.05, 0) is 51.0 Å². The largest absolute Gasteiger partial charge is 0.497 e. The van der Waals surface area contributed by atoms with E-state index < -0.39 is 6.10 Å². The first-order valence-corrected chi connectivity index (χ1v) is 11.5. The second-order valence-corrected chi connectivity index (χ2v) is 8.37. The monoisotopic (exact) mass is 451 g/mol. The maximum Gasteiger partial charge on any atom is 0.227 e. The van der Waals surface area contributed by atoms with Crippen molar-refractivity contribution in [3.8, 4) is 23.1 Å². The van der Waals surface area contributed by atoms with E-state index in [1.807, 2.05) is 73.1 Å². The van der Waals surface area contributed by atoms with Crippen LogP contribution >= 0.6 is 0 Å². The van der Waals surface area contributed by atoms with Gasteiger partial charge in [-0.2, -0.15) is 5.10 Å². The van der Waals surface area contributed by atoms with Crippen LogP contribution in [0.4, 0.5) is 0 Å². The molecule has 0 saturated heterocycles. The van der Waals surface area contributed by atoms with Crippen LogP contribution in [-0.4, -0.2) is 58.8 Å². The van der Waals surface area contributed by atoms with Gasteiger partial charge in [-0.3, -0.25) is 4.90 Å². The Morgan fingerprint density at radius 1 is 1.12 bits per heavy atom. The van der Waals surface area contributed by atoms with Crippen LogP contribution in [-0.2, 0) is 11.3 Å². The number of methoxy groups -OCH3 is 1. The molecule has 0 amide bonds. The number of hydrogen-bond acceptors (Lipinski definition) is 6. The number of aliphatic hydroxyl groups excluding tert-OH is 1. The van der Waals surface area contributed by atoms with Crippen molar-refractivity contribution >= 4 is 0 Å². The topological polar surface area (TPSA) is 69.0 Å². The molecule has 0 aliphatic heterocycles. The minimum Gasteiger partial charge on any atom is -0.497 e. The summed E-state index contributed by atoms with van der Waals surface area (Å²) in [5.74, 6) is 2.09. The summed E-state index contributed by atoms with van der Waals surface area (Å²) < 4.78 is 19.1. The number of benzene rings is 2. The van der Waals surface area contributed by atoms with Crippen molar-refractivity contribution in [3.63, 3.8) is 0 Å². The fraction of sp³-hybridized carbons (Fsp3) is 0.423. The van der Waals surface area contributed by atoms with Gasteiger partial charge in [0.15, 0.2) is 0 Å². The molecule has 1 atom stereocenters. The molecule has 7 heteroatoms. The number of aromatic nitrogens is 2. The van der Waals surface area contributed by atoms with E-state index in [4.69, 9.17) is 19.3 Å². The molecule has 0 radical (unpaired) electrons. The lowest BCUT2D eigenvalue weighted by Gasteiger charge is -2.25. The van der Waals surface area contributed by atoms with Gasteiger partial charge in [0.2, 0.25) is 5.88 Å². The highest BCUT2D eigenvalue weighted by Gasteiger charge is 2.32. The molecule has 4 rings (SSSR count). The van der Waals surface area contributed by atoms with Crippen molar-refractivity contribution in [3.05, 3.63) is 65.9 Å². The Hall–Kier alpha value is -2.87. The molecule has 1 aromatic heterocycles. The summed E-state index contributed by atoms with van der Waals surface area (Å²) in [6.45, 7) is 6.09. The SMILES string of the molecule is CCOC[C@@H](O)CN(Cc1c(C)nn(-c2ccccc2)c1Oc1cccc(OC)c1)C1CC1. The van der Waals surface area contributed by atoms with Crippen LogP contribution in [0.15, 0.2) is 54.6 Å². The lowest BCUT2D eigenvalue weighted by Crippen LogP contribution is -2.36. The predicted molar refractivity (Wildman–Crippen MR) is 127 cm³/mol. The molecule has 1 aliphatic carbocycles. The van der Waals surface area contributed by atoms with Crippen molar-refractivity contribution in [2.24, 2.45) is 0 Å². The van der Waals surface area contributed by atoms with Crippen molar-refractivity contribution in [2.45, 2.75) is 45.4 Å². The lowest BCUT2D eigenvalue weighted by molar-refractivity contribution is 0.0177. The summed E-state index contributed by atoms with van der Waals surface area (Å²) in [5, 5.41) is 15.3. The summed E-state index contributed by atoms with van der Waals surface area (Å²) >= 11 is 0. The molecule has 3 aromatic rings. The minimum atomic E-state index is -0.530. The average Bonchev–Trinajstić information content (AvgIpc) is 3.64. The van der Waals surface area contributed by atoms with Crippen LogP contribution in [0.3, 0.4) is 0 Å². The van der Waals surface area contributed by atoms with Crippen LogP contribution in [0.1, 0.15) is 31.0 Å². The Morgan fingerprint density at radius 2 is 1.88 bits per heavy atom. The molecule has 0 bridgehead atoms. The quantitative estimate of drug-likeness (QED) is 0.442. The fourth-order valence-electron chi connectivity index (χ4n) is 3.91. The Balaban J connectivity index is 1.66. The van der Waals surface area contributed by atoms with Crippen molar-refractivity contribution in [2.75, 3.05) is 26.9 Å². The number of aliphatic hydroxyl groups is 1. The van der Waals surface area contributed by atoms with Crippen LogP contribution in [0.25, 0.3) is 5.69 Å². The predicted octanol–water partition coefficient (Wildman–Crippen LogP) is 4.34. The van der Waals surface area contributed by atoms with Crippen LogP contribution in [0.5, 0.6) is 17.4 Å². The van der Waals surface area contributed by atoms with E-state index in [1.165, 1.54) is 0 Å². The van der Waals surface area contributed by atoms with Gasteiger partial charge in [-0.25, -0.2) is 4.68 Å². The average molecular weight is 452 g/mol. The first-order chi connectivity index (χ1) is 16.1. The van der Waals surface area contributed by atoms with Gasteiger partial charge in [0, 0.05) is 31.8 Å². The summed E-state index contributed by atoms with van der Waals surface area (Å²) in [6.07, 6.45) is 1.75. The number of rotatable bonds is 12. The smallest absolute Gasteiger partial charge is 0.227 e. The van der Waals surface area contributed by atoms with Gasteiger partial charge in [-0.15, -0.1) is 0 Å². The van der Waals surface area contributed by atoms with E-state index in [0.717, 1.165) is 35.5 Å². The first-order valence-electron chi connectivity index (χ1n) is 11.5. The number of aryl methyl sites for hydroxylation is 1. The maximum absolute atomic E-state index is 10.5. The normalized spacial score (nSPS) is 14.5. The standard InChI is InChI=1S/C26H33N3O4/c1-4-32-18-22(30)16-28(20-13-14-20)17-25-19(2)27-29(21-9-6-5-7-10-21)26(25)33-24-12-8-11-23(15-24)31-3/h5-12,15,20,22,30H,4,13-14,16-18H2,1-3H3/t22-/m0/s1. The van der Waals surface area contributed by atoms with Gasteiger partial charge in [-0.1, -0.05) is 24.3 Å². The molecule has 7 nitrogen and oxygen atoms in total. The molecule has 33 heavy (non-hydrogen) atoms. The van der Waals surface area contributed by atoms with Gasteiger partial charge < -0.3 is 19.3 Å². The van der Waals surface area contributed by atoms with E-state index in [1.54, 1.807) is 7.11 Å². The van der Waals surface area contributed by atoms with Gasteiger partial charge in [0.1, 0.15) is 11.5 Å². The second-order valence-electron chi connectivity index (χ2n) is 8.37. The van der Waals surface area contributed by atoms with Gasteiger partial charge in [0.05, 0.1) is 36.8 Å². The zero-order valence-electron chi connectivity index (χ0n) is 19.6. The Morgan fingerprint density at radius 3 is 2.58 bits per heavy atom. The van der Waals surface area contributed by atoms with Gasteiger partial charge in [0.25, 0.3) is 0 Å². The molecule has 1 fully saturated rings. The van der Waals surface area contributed by atoms with E-state index in [9.17, 15) is 5.11 Å². The Labute approximate surface area is 195 Å². The molecule has 0 spiro atoms. The second kappa shape index (κ2) is 10.8. The van der Waals surface area contributed by atoms with Crippen LogP contribution in [0.2, 0.25) is 0 Å². The highest BCUT2D eigenvalue weighted by atomic mass is 16.5. The number of para-hydroxylation sites is 1. The molecular formula is C26H33N3O4. The summed E-state index contributed by atoms with van der Waals surface area (Å²) in [7, 11) is 1.64. The van der Waals surface area contributed by atoms with E-state index in [-0.39, 0.29) is 0 Å². The number of nitrogens with zero attached hydrogens (tertiary/aromatic N) is 3. The molecular weight excluding hydrogens is 418 g/mol. The third kappa shape index (κ3) is 5.93. The molecule has 176 valence electrons. The highest BCUT2D eigenvalue weighted by molar-refractivity contribution is 5.44. The molecule has 0 unspecified atom stereocenters. The zero-order valence-corrected chi connectivity index (χ0v) is 19.6. The summed E-state index contributed by atoms with van der Waals surface area (Å²) in [6, 6.07) is 18.0. The van der Waals surface area contributed by atoms with E-state index in [0.29, 0.717) is 44.0 Å². The molecule has 1 N–H and O–H groups in total. The number of ether oxygens (including phenoxy) is 3.